The van der Waals surface area contributed by atoms with Crippen LogP contribution < -0.4 is 10.9 Å². The number of hydrazine groups is 1. The molecule has 16 heavy (non-hydrogen) atoms. The zero-order chi connectivity index (χ0) is 12.7. The maximum Gasteiger partial charge on any atom is 0.230 e. The van der Waals surface area contributed by atoms with Gasteiger partial charge in [-0.25, -0.2) is 5.43 Å². The fraction of sp³-hybridized carbons (Fsp3) is 0.750. The molecule has 0 aliphatic heterocycles. The van der Waals surface area contributed by atoms with Crippen LogP contribution in [-0.4, -0.2) is 63.6 Å². The molecule has 0 aliphatic carbocycles. The second-order valence-electron chi connectivity index (χ2n) is 3.22. The Hall–Kier alpha value is -1.06. The van der Waals surface area contributed by atoms with Crippen LogP contribution in [0.5, 0.6) is 0 Å². The van der Waals surface area contributed by atoms with Gasteiger partial charge in [0.05, 0.1) is 6.61 Å². The van der Waals surface area contributed by atoms with Gasteiger partial charge in [0.1, 0.15) is 30.6 Å². The van der Waals surface area contributed by atoms with Gasteiger partial charge in [0.25, 0.3) is 0 Å². The molecule has 0 radical (unpaired) electrons. The fourth-order valence-electron chi connectivity index (χ4n) is 0.933. The van der Waals surface area contributed by atoms with Gasteiger partial charge in [0.2, 0.25) is 5.91 Å². The molecule has 0 heterocycles. The highest BCUT2D eigenvalue weighted by molar-refractivity contribution is 5.72. The highest BCUT2D eigenvalue weighted by Crippen LogP contribution is 2.03. The van der Waals surface area contributed by atoms with Crippen LogP contribution in [0.25, 0.3) is 0 Å². The third-order valence-electron chi connectivity index (χ3n) is 1.86. The first kappa shape index (κ1) is 14.9. The van der Waals surface area contributed by atoms with Gasteiger partial charge in [-0.15, -0.1) is 0 Å². The SMILES string of the molecule is CC(=O)NN[C@@H](C=O)[C@@H](O)[C@H](O)[C@H](O)CO. The Bertz CT molecular complexity index is 237. The molecular formula is C8H16N2O6. The van der Waals surface area contributed by atoms with Gasteiger partial charge in [0.15, 0.2) is 0 Å². The molecule has 0 aromatic heterocycles. The van der Waals surface area contributed by atoms with E-state index in [0.29, 0.717) is 0 Å². The average Bonchev–Trinajstić information content (AvgIpc) is 2.27. The van der Waals surface area contributed by atoms with Gasteiger partial charge >= 0.3 is 0 Å². The number of nitrogens with one attached hydrogen (secondary N) is 2. The molecule has 0 saturated carbocycles. The summed E-state index contributed by atoms with van der Waals surface area (Å²) in [6.45, 7) is 0.421. The van der Waals surface area contributed by atoms with E-state index in [0.717, 1.165) is 0 Å². The molecular weight excluding hydrogens is 220 g/mol. The van der Waals surface area contributed by atoms with Crippen molar-refractivity contribution in [3.63, 3.8) is 0 Å². The van der Waals surface area contributed by atoms with E-state index in [2.05, 4.69) is 10.9 Å². The molecule has 8 nitrogen and oxygen atoms in total. The first-order valence-electron chi connectivity index (χ1n) is 4.56. The van der Waals surface area contributed by atoms with E-state index in [4.69, 9.17) is 10.2 Å². The summed E-state index contributed by atoms with van der Waals surface area (Å²) in [5, 5.41) is 36.3. The molecule has 0 bridgehead atoms. The molecule has 1 amide bonds. The highest BCUT2D eigenvalue weighted by atomic mass is 16.4. The van der Waals surface area contributed by atoms with Crippen LogP contribution in [0.2, 0.25) is 0 Å². The van der Waals surface area contributed by atoms with Crippen LogP contribution in [0.15, 0.2) is 0 Å². The van der Waals surface area contributed by atoms with Gasteiger partial charge in [-0.05, 0) is 0 Å². The lowest BCUT2D eigenvalue weighted by Crippen LogP contribution is -2.56. The summed E-state index contributed by atoms with van der Waals surface area (Å²) >= 11 is 0. The van der Waals surface area contributed by atoms with E-state index in [1.807, 2.05) is 0 Å². The molecule has 0 unspecified atom stereocenters. The molecule has 4 atom stereocenters. The maximum absolute atomic E-state index is 10.5. The standard InChI is InChI=1S/C8H16N2O6/c1-4(13)9-10-5(2-11)7(15)8(16)6(14)3-12/h2,5-8,10,12,14-16H,3H2,1H3,(H,9,13)/t5-,6+,7+,8+/m0/s1. The molecule has 0 fully saturated rings. The van der Waals surface area contributed by atoms with Crippen molar-refractivity contribution in [3.05, 3.63) is 0 Å². The van der Waals surface area contributed by atoms with Gasteiger partial charge in [-0.2, -0.15) is 0 Å². The Labute approximate surface area is 91.9 Å². The third-order valence-corrected chi connectivity index (χ3v) is 1.86. The minimum atomic E-state index is -1.71. The maximum atomic E-state index is 10.5. The Morgan fingerprint density at radius 2 is 1.88 bits per heavy atom. The number of aldehydes is 1. The summed E-state index contributed by atoms with van der Waals surface area (Å²) in [5.41, 5.74) is 4.21. The highest BCUT2D eigenvalue weighted by Gasteiger charge is 2.30. The number of aliphatic hydroxyl groups excluding tert-OH is 4. The second-order valence-corrected chi connectivity index (χ2v) is 3.22. The normalized spacial score (nSPS) is 18.3. The number of amides is 1. The number of aliphatic hydroxyl groups is 4. The van der Waals surface area contributed by atoms with Crippen molar-refractivity contribution >= 4 is 12.2 Å². The van der Waals surface area contributed by atoms with Crippen LogP contribution >= 0.6 is 0 Å². The van der Waals surface area contributed by atoms with Crippen LogP contribution in [0.4, 0.5) is 0 Å². The van der Waals surface area contributed by atoms with Crippen molar-refractivity contribution in [2.24, 2.45) is 0 Å². The van der Waals surface area contributed by atoms with E-state index in [1.54, 1.807) is 0 Å². The average molecular weight is 236 g/mol. The molecule has 0 aliphatic rings. The van der Waals surface area contributed by atoms with Crippen molar-refractivity contribution in [3.8, 4) is 0 Å². The number of hydrogen-bond donors (Lipinski definition) is 6. The lowest BCUT2D eigenvalue weighted by atomic mass is 10.0. The van der Waals surface area contributed by atoms with E-state index in [1.165, 1.54) is 6.92 Å². The molecule has 6 N–H and O–H groups in total. The summed E-state index contributed by atoms with van der Waals surface area (Å²) in [7, 11) is 0. The first-order chi connectivity index (χ1) is 7.43. The van der Waals surface area contributed by atoms with E-state index >= 15 is 0 Å². The lowest BCUT2D eigenvalue weighted by Gasteiger charge is -2.26. The Balaban J connectivity index is 4.33. The molecule has 0 saturated heterocycles. The third kappa shape index (κ3) is 4.64. The van der Waals surface area contributed by atoms with E-state index in [9.17, 15) is 19.8 Å². The lowest BCUT2D eigenvalue weighted by molar-refractivity contribution is -0.125. The molecule has 0 spiro atoms. The summed E-state index contributed by atoms with van der Waals surface area (Å²) in [6, 6.07) is -1.29. The Kier molecular flexibility index (Phi) is 6.77. The smallest absolute Gasteiger partial charge is 0.230 e. The summed E-state index contributed by atoms with van der Waals surface area (Å²) in [6.07, 6.45) is -4.68. The van der Waals surface area contributed by atoms with E-state index in [-0.39, 0.29) is 6.29 Å². The molecule has 0 aromatic rings. The Morgan fingerprint density at radius 3 is 2.25 bits per heavy atom. The largest absolute Gasteiger partial charge is 0.394 e. The van der Waals surface area contributed by atoms with Crippen molar-refractivity contribution in [1.82, 2.24) is 10.9 Å². The van der Waals surface area contributed by atoms with Crippen LogP contribution in [-0.2, 0) is 9.59 Å². The molecule has 8 heteroatoms. The fourth-order valence-corrected chi connectivity index (χ4v) is 0.933. The van der Waals surface area contributed by atoms with Crippen LogP contribution in [0.3, 0.4) is 0 Å². The predicted octanol–water partition coefficient (Wildman–Crippen LogP) is -3.73. The minimum absolute atomic E-state index is 0.258. The Morgan fingerprint density at radius 1 is 1.31 bits per heavy atom. The van der Waals surface area contributed by atoms with Gasteiger partial charge in [-0.3, -0.25) is 10.2 Å². The van der Waals surface area contributed by atoms with Crippen molar-refractivity contribution in [2.75, 3.05) is 6.61 Å². The number of carbonyl (C=O) groups excluding carboxylic acids is 2. The van der Waals surface area contributed by atoms with Crippen LogP contribution in [0, 0.1) is 0 Å². The summed E-state index contributed by atoms with van der Waals surface area (Å²) < 4.78 is 0. The molecule has 0 rings (SSSR count). The summed E-state index contributed by atoms with van der Waals surface area (Å²) in [4.78, 5) is 21.1. The topological polar surface area (TPSA) is 139 Å². The molecule has 0 aromatic carbocycles. The van der Waals surface area contributed by atoms with Crippen molar-refractivity contribution in [1.29, 1.82) is 0 Å². The van der Waals surface area contributed by atoms with Gasteiger partial charge in [0, 0.05) is 6.92 Å². The predicted molar refractivity (Wildman–Crippen MR) is 51.9 cm³/mol. The monoisotopic (exact) mass is 236 g/mol. The number of hydrogen-bond acceptors (Lipinski definition) is 7. The first-order valence-corrected chi connectivity index (χ1v) is 4.56. The van der Waals surface area contributed by atoms with Crippen molar-refractivity contribution < 1.29 is 30.0 Å². The van der Waals surface area contributed by atoms with Gasteiger partial charge in [-0.1, -0.05) is 0 Å². The van der Waals surface area contributed by atoms with Gasteiger partial charge < -0.3 is 25.2 Å². The number of rotatable bonds is 7. The zero-order valence-electron chi connectivity index (χ0n) is 8.70. The quantitative estimate of drug-likeness (QED) is 0.197. The minimum Gasteiger partial charge on any atom is -0.394 e. The summed E-state index contributed by atoms with van der Waals surface area (Å²) in [5.74, 6) is -0.490. The molecule has 94 valence electrons. The zero-order valence-corrected chi connectivity index (χ0v) is 8.70. The second kappa shape index (κ2) is 7.25. The van der Waals surface area contributed by atoms with Crippen molar-refractivity contribution in [2.45, 2.75) is 31.3 Å². The number of carbonyl (C=O) groups is 2. The van der Waals surface area contributed by atoms with Crippen LogP contribution in [0.1, 0.15) is 6.92 Å². The van der Waals surface area contributed by atoms with E-state index < -0.39 is 36.9 Å².